The minimum Gasteiger partial charge on any atom is -0.444 e. The summed E-state index contributed by atoms with van der Waals surface area (Å²) in [5, 5.41) is 4.39. The number of hydrogen-bond donors (Lipinski definition) is 1. The van der Waals surface area contributed by atoms with Gasteiger partial charge in [0.25, 0.3) is 0 Å². The van der Waals surface area contributed by atoms with Crippen LogP contribution < -0.4 is 5.32 Å². The van der Waals surface area contributed by atoms with Crippen molar-refractivity contribution in [1.29, 1.82) is 0 Å². The van der Waals surface area contributed by atoms with Crippen LogP contribution in [0.5, 0.6) is 0 Å². The van der Waals surface area contributed by atoms with Crippen LogP contribution in [-0.2, 0) is 4.74 Å². The van der Waals surface area contributed by atoms with Gasteiger partial charge in [-0.25, -0.2) is 4.79 Å². The highest BCUT2D eigenvalue weighted by molar-refractivity contribution is 7.99. The van der Waals surface area contributed by atoms with Crippen molar-refractivity contribution >= 4 is 17.9 Å². The average Bonchev–Trinajstić information content (AvgIpc) is 2.84. The van der Waals surface area contributed by atoms with Crippen molar-refractivity contribution in [2.45, 2.75) is 63.3 Å². The topological polar surface area (TPSA) is 41.6 Å². The zero-order valence-electron chi connectivity index (χ0n) is 13.0. The quantitative estimate of drug-likeness (QED) is 0.870. The van der Waals surface area contributed by atoms with Crippen LogP contribution >= 0.6 is 11.8 Å². The Bertz CT molecular complexity index is 324. The minimum absolute atomic E-state index is 0.172. The van der Waals surface area contributed by atoms with Crippen molar-refractivity contribution in [3.63, 3.8) is 0 Å². The minimum atomic E-state index is -0.401. The number of likely N-dealkylation sites (tertiary alicyclic amines) is 1. The molecule has 0 aromatic heterocycles. The summed E-state index contributed by atoms with van der Waals surface area (Å²) in [5.74, 6) is 1.31. The smallest absolute Gasteiger partial charge is 0.410 e. The first-order valence-electron chi connectivity index (χ1n) is 7.77. The molecule has 116 valence electrons. The van der Waals surface area contributed by atoms with E-state index in [1.165, 1.54) is 25.0 Å². The van der Waals surface area contributed by atoms with E-state index in [0.717, 1.165) is 31.3 Å². The van der Waals surface area contributed by atoms with Gasteiger partial charge >= 0.3 is 6.09 Å². The first kappa shape index (κ1) is 16.0. The van der Waals surface area contributed by atoms with Crippen molar-refractivity contribution in [2.24, 2.45) is 0 Å². The van der Waals surface area contributed by atoms with Gasteiger partial charge in [0.05, 0.1) is 0 Å². The van der Waals surface area contributed by atoms with Crippen LogP contribution in [0.4, 0.5) is 4.79 Å². The third kappa shape index (κ3) is 5.17. The molecule has 1 amide bonds. The van der Waals surface area contributed by atoms with Crippen LogP contribution in [0.1, 0.15) is 46.5 Å². The third-order valence-corrected chi connectivity index (χ3v) is 5.15. The summed E-state index contributed by atoms with van der Waals surface area (Å²) in [5.41, 5.74) is -0.401. The van der Waals surface area contributed by atoms with E-state index < -0.39 is 5.60 Å². The van der Waals surface area contributed by atoms with Crippen LogP contribution in [0.25, 0.3) is 0 Å². The van der Waals surface area contributed by atoms with Gasteiger partial charge in [0.1, 0.15) is 5.60 Å². The van der Waals surface area contributed by atoms with E-state index in [1.807, 2.05) is 25.7 Å². The summed E-state index contributed by atoms with van der Waals surface area (Å²) >= 11 is 2.09. The maximum Gasteiger partial charge on any atom is 0.410 e. The summed E-state index contributed by atoms with van der Waals surface area (Å²) in [4.78, 5) is 13.8. The monoisotopic (exact) mass is 300 g/mol. The molecule has 0 aromatic carbocycles. The standard InChI is InChI=1S/C15H28N2O2S/c1-15(2,3)19-14(18)17-8-7-12(11-17)16-10-13-6-4-5-9-20-13/h12-13,16H,4-11H2,1-3H3. The summed E-state index contributed by atoms with van der Waals surface area (Å²) in [6.07, 6.45) is 4.94. The molecule has 2 aliphatic heterocycles. The normalized spacial score (nSPS) is 27.6. The number of carbonyl (C=O) groups excluding carboxylic acids is 1. The number of hydrogen-bond acceptors (Lipinski definition) is 4. The molecule has 2 saturated heterocycles. The van der Waals surface area contributed by atoms with E-state index in [2.05, 4.69) is 17.1 Å². The van der Waals surface area contributed by atoms with Gasteiger partial charge in [-0.2, -0.15) is 11.8 Å². The molecule has 0 spiro atoms. The Morgan fingerprint density at radius 1 is 1.35 bits per heavy atom. The van der Waals surface area contributed by atoms with Crippen molar-refractivity contribution < 1.29 is 9.53 Å². The lowest BCUT2D eigenvalue weighted by molar-refractivity contribution is 0.0291. The second kappa shape index (κ2) is 7.03. The lowest BCUT2D eigenvalue weighted by Gasteiger charge is -2.25. The Morgan fingerprint density at radius 2 is 2.15 bits per heavy atom. The second-order valence-electron chi connectivity index (χ2n) is 6.81. The van der Waals surface area contributed by atoms with Gasteiger partial charge in [-0.3, -0.25) is 0 Å². The molecule has 2 unspecified atom stereocenters. The van der Waals surface area contributed by atoms with Gasteiger partial charge in [-0.1, -0.05) is 6.42 Å². The van der Waals surface area contributed by atoms with E-state index in [4.69, 9.17) is 4.74 Å². The maximum atomic E-state index is 12.0. The molecule has 2 rings (SSSR count). The summed E-state index contributed by atoms with van der Waals surface area (Å²) in [7, 11) is 0. The van der Waals surface area contributed by atoms with Gasteiger partial charge in [-0.05, 0) is 45.8 Å². The van der Waals surface area contributed by atoms with Gasteiger partial charge < -0.3 is 15.0 Å². The molecule has 2 atom stereocenters. The van der Waals surface area contributed by atoms with Crippen molar-refractivity contribution in [1.82, 2.24) is 10.2 Å². The summed E-state index contributed by atoms with van der Waals surface area (Å²) in [6.45, 7) is 8.42. The van der Waals surface area contributed by atoms with E-state index in [-0.39, 0.29) is 6.09 Å². The fourth-order valence-electron chi connectivity index (χ4n) is 2.69. The zero-order chi connectivity index (χ0) is 14.6. The van der Waals surface area contributed by atoms with Crippen LogP contribution in [-0.4, -0.2) is 53.3 Å². The Morgan fingerprint density at radius 3 is 2.80 bits per heavy atom. The van der Waals surface area contributed by atoms with Gasteiger partial charge in [-0.15, -0.1) is 0 Å². The Hall–Kier alpha value is -0.420. The highest BCUT2D eigenvalue weighted by Crippen LogP contribution is 2.24. The summed E-state index contributed by atoms with van der Waals surface area (Å²) in [6, 6.07) is 0.435. The molecular formula is C15H28N2O2S. The fourth-order valence-corrected chi connectivity index (χ4v) is 3.94. The molecular weight excluding hydrogens is 272 g/mol. The molecule has 20 heavy (non-hydrogen) atoms. The van der Waals surface area contributed by atoms with E-state index in [1.54, 1.807) is 0 Å². The molecule has 0 saturated carbocycles. The lowest BCUT2D eigenvalue weighted by Crippen LogP contribution is -2.40. The Kier molecular flexibility index (Phi) is 5.61. The third-order valence-electron chi connectivity index (χ3n) is 3.75. The highest BCUT2D eigenvalue weighted by Gasteiger charge is 2.29. The molecule has 1 N–H and O–H groups in total. The number of nitrogens with one attached hydrogen (secondary N) is 1. The molecule has 4 nitrogen and oxygen atoms in total. The van der Waals surface area contributed by atoms with Crippen LogP contribution in [0, 0.1) is 0 Å². The molecule has 0 aromatic rings. The van der Waals surface area contributed by atoms with E-state index >= 15 is 0 Å². The molecule has 2 aliphatic rings. The molecule has 0 aliphatic carbocycles. The molecule has 2 fully saturated rings. The Labute approximate surface area is 127 Å². The van der Waals surface area contributed by atoms with E-state index in [9.17, 15) is 4.79 Å². The molecule has 0 radical (unpaired) electrons. The SMILES string of the molecule is CC(C)(C)OC(=O)N1CCC(NCC2CCCCS2)C1. The predicted octanol–water partition coefficient (Wildman–Crippen LogP) is 2.87. The van der Waals surface area contributed by atoms with E-state index in [0.29, 0.717) is 6.04 Å². The van der Waals surface area contributed by atoms with Crippen molar-refractivity contribution in [3.8, 4) is 0 Å². The van der Waals surface area contributed by atoms with Gasteiger partial charge in [0.15, 0.2) is 0 Å². The first-order chi connectivity index (χ1) is 9.44. The largest absolute Gasteiger partial charge is 0.444 e. The second-order valence-corrected chi connectivity index (χ2v) is 8.22. The predicted molar refractivity (Wildman–Crippen MR) is 84.3 cm³/mol. The van der Waals surface area contributed by atoms with Crippen LogP contribution in [0.15, 0.2) is 0 Å². The summed E-state index contributed by atoms with van der Waals surface area (Å²) < 4.78 is 5.42. The lowest BCUT2D eigenvalue weighted by atomic mass is 10.2. The number of rotatable bonds is 3. The molecule has 2 heterocycles. The fraction of sp³-hybridized carbons (Fsp3) is 0.933. The van der Waals surface area contributed by atoms with Gasteiger partial charge in [0.2, 0.25) is 0 Å². The number of nitrogens with zero attached hydrogens (tertiary/aromatic N) is 1. The molecule has 0 bridgehead atoms. The van der Waals surface area contributed by atoms with Crippen molar-refractivity contribution in [2.75, 3.05) is 25.4 Å². The number of ether oxygens (including phenoxy) is 1. The first-order valence-corrected chi connectivity index (χ1v) is 8.82. The maximum absolute atomic E-state index is 12.0. The van der Waals surface area contributed by atoms with Crippen LogP contribution in [0.3, 0.4) is 0 Å². The van der Waals surface area contributed by atoms with Crippen LogP contribution in [0.2, 0.25) is 0 Å². The highest BCUT2D eigenvalue weighted by atomic mass is 32.2. The number of carbonyl (C=O) groups is 1. The number of thioether (sulfide) groups is 1. The number of amides is 1. The molecule has 5 heteroatoms. The van der Waals surface area contributed by atoms with Crippen molar-refractivity contribution in [3.05, 3.63) is 0 Å². The van der Waals surface area contributed by atoms with Gasteiger partial charge in [0, 0.05) is 30.9 Å². The average molecular weight is 300 g/mol. The Balaban J connectivity index is 1.68. The zero-order valence-corrected chi connectivity index (χ0v) is 13.8.